The van der Waals surface area contributed by atoms with Crippen molar-refractivity contribution < 1.29 is 13.2 Å². The van der Waals surface area contributed by atoms with E-state index in [0.29, 0.717) is 11.5 Å². The Balaban J connectivity index is 1.93. The number of anilines is 2. The van der Waals surface area contributed by atoms with Crippen LogP contribution >= 0.6 is 11.5 Å². The number of hydrogen-bond acceptors (Lipinski definition) is 7. The Labute approximate surface area is 117 Å². The normalized spacial score (nSPS) is 20.4. The molecule has 2 rings (SSSR count). The molecular formula is C11H19N3O3S2. The second-order valence-corrected chi connectivity index (χ2v) is 7.43. The molecule has 1 unspecified atom stereocenters. The zero-order valence-electron chi connectivity index (χ0n) is 10.9. The molecule has 19 heavy (non-hydrogen) atoms. The lowest BCUT2D eigenvalue weighted by Gasteiger charge is -2.22. The van der Waals surface area contributed by atoms with Crippen LogP contribution in [0.15, 0.2) is 4.90 Å². The quantitative estimate of drug-likeness (QED) is 0.856. The molecule has 0 spiro atoms. The van der Waals surface area contributed by atoms with E-state index in [-0.39, 0.29) is 16.8 Å². The molecule has 1 atom stereocenters. The Bertz CT molecular complexity index is 521. The van der Waals surface area contributed by atoms with Gasteiger partial charge in [-0.15, -0.1) is 0 Å². The third kappa shape index (κ3) is 3.80. The summed E-state index contributed by atoms with van der Waals surface area (Å²) < 4.78 is 32.8. The second-order valence-electron chi connectivity index (χ2n) is 4.70. The lowest BCUT2D eigenvalue weighted by molar-refractivity contribution is 0.0134. The SMILES string of the molecule is CS(=O)(=O)c1c(N)nsc1NCCC1CCCCO1. The number of nitrogens with zero attached hydrogens (tertiary/aromatic N) is 1. The Morgan fingerprint density at radius 1 is 1.53 bits per heavy atom. The summed E-state index contributed by atoms with van der Waals surface area (Å²) >= 11 is 1.08. The molecular weight excluding hydrogens is 286 g/mol. The van der Waals surface area contributed by atoms with Crippen LogP contribution in [0.1, 0.15) is 25.7 Å². The van der Waals surface area contributed by atoms with E-state index in [1.807, 2.05) is 0 Å². The van der Waals surface area contributed by atoms with Gasteiger partial charge in [-0.2, -0.15) is 4.37 Å². The smallest absolute Gasteiger partial charge is 0.182 e. The summed E-state index contributed by atoms with van der Waals surface area (Å²) in [4.78, 5) is 0.113. The first-order chi connectivity index (χ1) is 8.98. The van der Waals surface area contributed by atoms with Gasteiger partial charge in [-0.05, 0) is 37.2 Å². The van der Waals surface area contributed by atoms with Gasteiger partial charge < -0.3 is 15.8 Å². The summed E-state index contributed by atoms with van der Waals surface area (Å²) in [6.07, 6.45) is 5.68. The van der Waals surface area contributed by atoms with Gasteiger partial charge in [-0.25, -0.2) is 8.42 Å². The Hall–Kier alpha value is -0.860. The predicted octanol–water partition coefficient (Wildman–Crippen LogP) is 1.50. The molecule has 3 N–H and O–H groups in total. The number of aromatic nitrogens is 1. The van der Waals surface area contributed by atoms with Crippen LogP contribution in [0.25, 0.3) is 0 Å². The summed E-state index contributed by atoms with van der Waals surface area (Å²) in [5, 5.41) is 3.63. The van der Waals surface area contributed by atoms with Crippen LogP contribution < -0.4 is 11.1 Å². The Morgan fingerprint density at radius 2 is 2.32 bits per heavy atom. The topological polar surface area (TPSA) is 94.3 Å². The minimum absolute atomic E-state index is 0.0731. The molecule has 0 bridgehead atoms. The molecule has 6 nitrogen and oxygen atoms in total. The molecule has 0 aromatic carbocycles. The van der Waals surface area contributed by atoms with Gasteiger partial charge in [0.1, 0.15) is 9.90 Å². The summed E-state index contributed by atoms with van der Waals surface area (Å²) in [6.45, 7) is 1.49. The van der Waals surface area contributed by atoms with E-state index < -0.39 is 9.84 Å². The molecule has 0 saturated carbocycles. The van der Waals surface area contributed by atoms with Gasteiger partial charge in [0.2, 0.25) is 0 Å². The Morgan fingerprint density at radius 3 is 2.95 bits per heavy atom. The van der Waals surface area contributed by atoms with Crippen molar-refractivity contribution in [2.75, 3.05) is 30.5 Å². The minimum atomic E-state index is -3.35. The van der Waals surface area contributed by atoms with Crippen molar-refractivity contribution in [3.8, 4) is 0 Å². The first-order valence-electron chi connectivity index (χ1n) is 6.29. The van der Waals surface area contributed by atoms with Gasteiger partial charge in [0, 0.05) is 19.4 Å². The second kappa shape index (κ2) is 6.06. The lowest BCUT2D eigenvalue weighted by Crippen LogP contribution is -2.22. The van der Waals surface area contributed by atoms with Gasteiger partial charge in [-0.1, -0.05) is 0 Å². The van der Waals surface area contributed by atoms with E-state index in [9.17, 15) is 8.42 Å². The molecule has 0 aliphatic carbocycles. The molecule has 1 aliphatic rings. The highest BCUT2D eigenvalue weighted by Gasteiger charge is 2.21. The Kier molecular flexibility index (Phi) is 4.64. The number of nitrogens with two attached hydrogens (primary N) is 1. The van der Waals surface area contributed by atoms with Crippen molar-refractivity contribution in [1.82, 2.24) is 4.37 Å². The minimum Gasteiger partial charge on any atom is -0.382 e. The zero-order chi connectivity index (χ0) is 13.9. The van der Waals surface area contributed by atoms with Crippen molar-refractivity contribution in [3.63, 3.8) is 0 Å². The molecule has 2 heterocycles. The number of hydrogen-bond donors (Lipinski definition) is 2. The molecule has 1 saturated heterocycles. The van der Waals surface area contributed by atoms with E-state index >= 15 is 0 Å². The molecule has 1 fully saturated rings. The molecule has 0 amide bonds. The fourth-order valence-electron chi connectivity index (χ4n) is 2.15. The zero-order valence-corrected chi connectivity index (χ0v) is 12.5. The van der Waals surface area contributed by atoms with Crippen LogP contribution in [0, 0.1) is 0 Å². The van der Waals surface area contributed by atoms with Crippen LogP contribution in [0.3, 0.4) is 0 Å². The lowest BCUT2D eigenvalue weighted by atomic mass is 10.1. The summed E-state index contributed by atoms with van der Waals surface area (Å²) in [5.41, 5.74) is 5.60. The molecule has 8 heteroatoms. The van der Waals surface area contributed by atoms with Gasteiger partial charge in [0.25, 0.3) is 0 Å². The van der Waals surface area contributed by atoms with Gasteiger partial charge in [0.15, 0.2) is 15.7 Å². The van der Waals surface area contributed by atoms with Crippen LogP contribution in [-0.2, 0) is 14.6 Å². The van der Waals surface area contributed by atoms with Crippen molar-refractivity contribution in [3.05, 3.63) is 0 Å². The third-order valence-electron chi connectivity index (χ3n) is 3.07. The highest BCUT2D eigenvalue weighted by Crippen LogP contribution is 2.31. The number of ether oxygens (including phenoxy) is 1. The van der Waals surface area contributed by atoms with Crippen molar-refractivity contribution in [2.24, 2.45) is 0 Å². The average molecular weight is 305 g/mol. The van der Waals surface area contributed by atoms with E-state index in [4.69, 9.17) is 10.5 Å². The van der Waals surface area contributed by atoms with Crippen LogP contribution in [-0.4, -0.2) is 38.3 Å². The van der Waals surface area contributed by atoms with E-state index in [1.165, 1.54) is 6.42 Å². The number of rotatable bonds is 5. The maximum atomic E-state index is 11.6. The molecule has 0 radical (unpaired) electrons. The monoisotopic (exact) mass is 305 g/mol. The standard InChI is InChI=1S/C11H19N3O3S2/c1-19(15,16)9-10(12)14-18-11(9)13-6-5-8-4-2-3-7-17-8/h8,13H,2-7H2,1H3,(H2,12,14). The summed E-state index contributed by atoms with van der Waals surface area (Å²) in [6, 6.07) is 0. The van der Waals surface area contributed by atoms with Gasteiger partial charge in [-0.3, -0.25) is 0 Å². The molecule has 1 aliphatic heterocycles. The van der Waals surface area contributed by atoms with Crippen LogP contribution in [0.2, 0.25) is 0 Å². The highest BCUT2D eigenvalue weighted by atomic mass is 32.2. The molecule has 1 aromatic rings. The first kappa shape index (κ1) is 14.5. The van der Waals surface area contributed by atoms with Crippen molar-refractivity contribution >= 4 is 32.2 Å². The first-order valence-corrected chi connectivity index (χ1v) is 8.95. The van der Waals surface area contributed by atoms with Crippen LogP contribution in [0.4, 0.5) is 10.8 Å². The van der Waals surface area contributed by atoms with Crippen LogP contribution in [0.5, 0.6) is 0 Å². The maximum absolute atomic E-state index is 11.6. The maximum Gasteiger partial charge on any atom is 0.182 e. The average Bonchev–Trinajstić information content (AvgIpc) is 2.72. The van der Waals surface area contributed by atoms with Gasteiger partial charge in [0.05, 0.1) is 6.10 Å². The molecule has 108 valence electrons. The largest absolute Gasteiger partial charge is 0.382 e. The van der Waals surface area contributed by atoms with E-state index in [2.05, 4.69) is 9.69 Å². The number of sulfone groups is 1. The number of nitrogens with one attached hydrogen (secondary N) is 1. The fraction of sp³-hybridized carbons (Fsp3) is 0.727. The van der Waals surface area contributed by atoms with E-state index in [0.717, 1.165) is 43.7 Å². The van der Waals surface area contributed by atoms with E-state index in [1.54, 1.807) is 0 Å². The fourth-order valence-corrected chi connectivity index (χ4v) is 4.24. The highest BCUT2D eigenvalue weighted by molar-refractivity contribution is 7.91. The van der Waals surface area contributed by atoms with Crippen molar-refractivity contribution in [2.45, 2.75) is 36.7 Å². The van der Waals surface area contributed by atoms with Crippen molar-refractivity contribution in [1.29, 1.82) is 0 Å². The van der Waals surface area contributed by atoms with Gasteiger partial charge >= 0.3 is 0 Å². The third-order valence-corrected chi connectivity index (χ3v) is 5.17. The summed E-state index contributed by atoms with van der Waals surface area (Å²) in [5.74, 6) is 0.0731. The molecule has 1 aromatic heterocycles. The number of nitrogen functional groups attached to an aromatic ring is 1. The summed E-state index contributed by atoms with van der Waals surface area (Å²) in [7, 11) is -3.35. The predicted molar refractivity (Wildman–Crippen MR) is 76.3 cm³/mol.